The van der Waals surface area contributed by atoms with Gasteiger partial charge in [0, 0.05) is 10.1 Å². The third kappa shape index (κ3) is 1.79. The van der Waals surface area contributed by atoms with Gasteiger partial charge < -0.3 is 5.11 Å². The van der Waals surface area contributed by atoms with Crippen molar-refractivity contribution in [2.24, 2.45) is 0 Å². The van der Waals surface area contributed by atoms with Crippen molar-refractivity contribution in [1.29, 1.82) is 0 Å². The topological polar surface area (TPSA) is 20.2 Å². The first-order valence-electron chi connectivity index (χ1n) is 4.64. The summed E-state index contributed by atoms with van der Waals surface area (Å²) in [6, 6.07) is 4.83. The minimum absolute atomic E-state index is 0.138. The van der Waals surface area contributed by atoms with E-state index < -0.39 is 5.60 Å². The molecule has 0 spiro atoms. The quantitative estimate of drug-likeness (QED) is 0.772. The normalized spacial score (nSPS) is 21.0. The minimum Gasteiger partial charge on any atom is -0.389 e. The third-order valence-corrected chi connectivity index (χ3v) is 4.17. The summed E-state index contributed by atoms with van der Waals surface area (Å²) in [4.78, 5) is 1.10. The van der Waals surface area contributed by atoms with Gasteiger partial charge in [0.05, 0.1) is 5.60 Å². The Morgan fingerprint density at radius 1 is 1.50 bits per heavy atom. The van der Waals surface area contributed by atoms with Gasteiger partial charge in [0.1, 0.15) is 5.82 Å². The van der Waals surface area contributed by atoms with Gasteiger partial charge in [-0.3, -0.25) is 0 Å². The van der Waals surface area contributed by atoms with Crippen molar-refractivity contribution in [3.63, 3.8) is 0 Å². The van der Waals surface area contributed by atoms with E-state index in [2.05, 4.69) is 0 Å². The Morgan fingerprint density at radius 2 is 2.21 bits per heavy atom. The van der Waals surface area contributed by atoms with Crippen LogP contribution in [0.4, 0.5) is 4.39 Å². The summed E-state index contributed by atoms with van der Waals surface area (Å²) in [7, 11) is 0. The first-order chi connectivity index (χ1) is 6.47. The molecule has 3 heteroatoms. The lowest BCUT2D eigenvalue weighted by atomic mass is 9.99. The number of hydrogen-bond donors (Lipinski definition) is 1. The summed E-state index contributed by atoms with van der Waals surface area (Å²) in [6.45, 7) is 3.60. The van der Waals surface area contributed by atoms with Crippen molar-refractivity contribution in [3.8, 4) is 0 Å². The fraction of sp³-hybridized carbons (Fsp3) is 0.455. The Balaban J connectivity index is 2.26. The predicted octanol–water partition coefficient (Wildman–Crippen LogP) is 2.61. The van der Waals surface area contributed by atoms with Gasteiger partial charge in [0.15, 0.2) is 0 Å². The van der Waals surface area contributed by atoms with E-state index in [0.717, 1.165) is 16.9 Å². The van der Waals surface area contributed by atoms with Crippen molar-refractivity contribution < 1.29 is 9.50 Å². The van der Waals surface area contributed by atoms with Crippen LogP contribution in [0.3, 0.4) is 0 Å². The zero-order chi connectivity index (χ0) is 10.3. The molecule has 0 aromatic heterocycles. The Hall–Kier alpha value is -0.540. The van der Waals surface area contributed by atoms with E-state index in [1.807, 2.05) is 0 Å². The lowest BCUT2D eigenvalue weighted by molar-refractivity contribution is 0.0786. The Labute approximate surface area is 87.3 Å². The van der Waals surface area contributed by atoms with Crippen molar-refractivity contribution in [1.82, 2.24) is 0 Å². The average molecular weight is 212 g/mol. The van der Waals surface area contributed by atoms with Crippen LogP contribution in [0.2, 0.25) is 0 Å². The molecule has 1 atom stereocenters. The van der Waals surface area contributed by atoms with Crippen LogP contribution in [-0.2, 0) is 6.42 Å². The Morgan fingerprint density at radius 3 is 2.86 bits per heavy atom. The van der Waals surface area contributed by atoms with Gasteiger partial charge in [-0.25, -0.2) is 4.39 Å². The van der Waals surface area contributed by atoms with Crippen molar-refractivity contribution in [2.45, 2.75) is 36.0 Å². The molecule has 1 aliphatic heterocycles. The molecule has 0 radical (unpaired) electrons. The summed E-state index contributed by atoms with van der Waals surface area (Å²) in [5.41, 5.74) is 0.308. The van der Waals surface area contributed by atoms with Crippen LogP contribution in [0.25, 0.3) is 0 Å². The lowest BCUT2D eigenvalue weighted by Gasteiger charge is -2.23. The number of thioether (sulfide) groups is 1. The molecule has 0 saturated carbocycles. The SMILES string of the molecule is CC(C)(O)C1Cc2cc(F)ccc2S1. The molecule has 1 aromatic carbocycles. The molecule has 76 valence electrons. The molecule has 0 fully saturated rings. The molecule has 0 saturated heterocycles. The summed E-state index contributed by atoms with van der Waals surface area (Å²) in [6.07, 6.45) is 0.751. The fourth-order valence-corrected chi connectivity index (χ4v) is 2.91. The monoisotopic (exact) mass is 212 g/mol. The summed E-state index contributed by atoms with van der Waals surface area (Å²) >= 11 is 1.64. The summed E-state index contributed by atoms with van der Waals surface area (Å²) < 4.78 is 12.9. The van der Waals surface area contributed by atoms with E-state index in [0.29, 0.717) is 0 Å². The number of benzene rings is 1. The highest BCUT2D eigenvalue weighted by Gasteiger charge is 2.33. The van der Waals surface area contributed by atoms with Crippen LogP contribution in [0.15, 0.2) is 23.1 Å². The molecular weight excluding hydrogens is 199 g/mol. The van der Waals surface area contributed by atoms with Crippen molar-refractivity contribution in [3.05, 3.63) is 29.6 Å². The maximum atomic E-state index is 12.9. The zero-order valence-electron chi connectivity index (χ0n) is 8.25. The summed E-state index contributed by atoms with van der Waals surface area (Å²) in [5, 5.41) is 9.98. The molecule has 1 N–H and O–H groups in total. The minimum atomic E-state index is -0.708. The van der Waals surface area contributed by atoms with E-state index in [9.17, 15) is 9.50 Å². The highest BCUT2D eigenvalue weighted by molar-refractivity contribution is 8.00. The molecule has 0 bridgehead atoms. The molecule has 0 amide bonds. The summed E-state index contributed by atoms with van der Waals surface area (Å²) in [5.74, 6) is -0.194. The standard InChI is InChI=1S/C11H13FOS/c1-11(2,13)10-6-7-5-8(12)3-4-9(7)14-10/h3-5,10,13H,6H2,1-2H3. The van der Waals surface area contributed by atoms with Crippen LogP contribution in [0.5, 0.6) is 0 Å². The fourth-order valence-electron chi connectivity index (χ4n) is 1.61. The van der Waals surface area contributed by atoms with E-state index in [-0.39, 0.29) is 11.1 Å². The van der Waals surface area contributed by atoms with Crippen LogP contribution in [-0.4, -0.2) is 16.0 Å². The number of halogens is 1. The van der Waals surface area contributed by atoms with E-state index in [4.69, 9.17) is 0 Å². The molecule has 14 heavy (non-hydrogen) atoms. The molecule has 1 nitrogen and oxygen atoms in total. The molecule has 1 unspecified atom stereocenters. The van der Waals surface area contributed by atoms with E-state index in [1.54, 1.807) is 37.7 Å². The van der Waals surface area contributed by atoms with Gasteiger partial charge >= 0.3 is 0 Å². The van der Waals surface area contributed by atoms with Gasteiger partial charge in [-0.2, -0.15) is 0 Å². The molecular formula is C11H13FOS. The van der Waals surface area contributed by atoms with E-state index in [1.165, 1.54) is 6.07 Å². The largest absolute Gasteiger partial charge is 0.389 e. The molecule has 0 aliphatic carbocycles. The van der Waals surface area contributed by atoms with Gasteiger partial charge in [-0.1, -0.05) is 0 Å². The van der Waals surface area contributed by atoms with Gasteiger partial charge in [0.2, 0.25) is 0 Å². The van der Waals surface area contributed by atoms with Gasteiger partial charge in [0.25, 0.3) is 0 Å². The van der Waals surface area contributed by atoms with Crippen molar-refractivity contribution >= 4 is 11.8 Å². The molecule has 1 aliphatic rings. The van der Waals surface area contributed by atoms with Crippen LogP contribution in [0, 0.1) is 5.82 Å². The second kappa shape index (κ2) is 3.24. The highest BCUT2D eigenvalue weighted by atomic mass is 32.2. The first-order valence-corrected chi connectivity index (χ1v) is 5.52. The lowest BCUT2D eigenvalue weighted by Crippen LogP contribution is -2.32. The van der Waals surface area contributed by atoms with Crippen LogP contribution < -0.4 is 0 Å². The van der Waals surface area contributed by atoms with Crippen LogP contribution >= 0.6 is 11.8 Å². The second-order valence-corrected chi connectivity index (χ2v) is 5.46. The van der Waals surface area contributed by atoms with Crippen LogP contribution in [0.1, 0.15) is 19.4 Å². The maximum Gasteiger partial charge on any atom is 0.123 e. The van der Waals surface area contributed by atoms with Gasteiger partial charge in [-0.15, -0.1) is 11.8 Å². The highest BCUT2D eigenvalue weighted by Crippen LogP contribution is 2.41. The molecule has 2 rings (SSSR count). The van der Waals surface area contributed by atoms with Gasteiger partial charge in [-0.05, 0) is 44.0 Å². The second-order valence-electron chi connectivity index (χ2n) is 4.22. The number of fused-ring (bicyclic) bond motifs is 1. The first kappa shape index (κ1) is 9.99. The molecule has 1 aromatic rings. The van der Waals surface area contributed by atoms with E-state index >= 15 is 0 Å². The number of rotatable bonds is 1. The average Bonchev–Trinajstić information content (AvgIpc) is 2.45. The Bertz CT molecular complexity index is 357. The Kier molecular flexibility index (Phi) is 2.32. The third-order valence-electron chi connectivity index (χ3n) is 2.49. The number of hydrogen-bond acceptors (Lipinski definition) is 2. The van der Waals surface area contributed by atoms with Crippen molar-refractivity contribution in [2.75, 3.05) is 0 Å². The number of aliphatic hydroxyl groups is 1. The zero-order valence-corrected chi connectivity index (χ0v) is 9.07. The molecule has 1 heterocycles. The maximum absolute atomic E-state index is 12.9. The predicted molar refractivity (Wildman–Crippen MR) is 56.0 cm³/mol. The smallest absolute Gasteiger partial charge is 0.123 e.